The molecule has 2 aromatic carbocycles. The zero-order chi connectivity index (χ0) is 20.7. The maximum atomic E-state index is 13.1. The number of nitrogens with one attached hydrogen (secondary N) is 1. The number of hydrazine groups is 1. The third-order valence-corrected chi connectivity index (χ3v) is 5.83. The minimum Gasteiger partial charge on any atom is -0.441 e. The number of hydrogen-bond donors (Lipinski definition) is 1. The van der Waals surface area contributed by atoms with Gasteiger partial charge in [-0.3, -0.25) is 4.79 Å². The number of fused-ring (bicyclic) bond motifs is 1. The van der Waals surface area contributed by atoms with E-state index in [1.54, 1.807) is 11.1 Å². The van der Waals surface area contributed by atoms with Gasteiger partial charge in [0.05, 0.1) is 12.6 Å². The van der Waals surface area contributed by atoms with E-state index in [1.165, 1.54) is 0 Å². The molecule has 1 aromatic heterocycles. The molecule has 2 aliphatic rings. The molecule has 6 nitrogen and oxygen atoms in total. The highest BCUT2D eigenvalue weighted by molar-refractivity contribution is 6.30. The molecule has 2 unspecified atom stereocenters. The van der Waals surface area contributed by atoms with Gasteiger partial charge in [0.1, 0.15) is 17.5 Å². The van der Waals surface area contributed by atoms with Crippen molar-refractivity contribution < 1.29 is 9.21 Å². The second kappa shape index (κ2) is 7.63. The lowest BCUT2D eigenvalue weighted by atomic mass is 10.0. The van der Waals surface area contributed by atoms with Crippen LogP contribution in [0.25, 0.3) is 11.5 Å². The van der Waals surface area contributed by atoms with Crippen LogP contribution in [0.3, 0.4) is 0 Å². The number of aromatic nitrogens is 1. The Balaban J connectivity index is 1.31. The van der Waals surface area contributed by atoms with E-state index in [2.05, 4.69) is 10.4 Å². The molecule has 0 saturated carbocycles. The second-order valence-corrected chi connectivity index (χ2v) is 7.98. The SMILES string of the molecule is Cc1oc(-c2ccccc2)nc1CN1C=CN2NC(c3ccc(Cl)cc3)CC2C1=O. The first-order valence-corrected chi connectivity index (χ1v) is 10.3. The number of carbonyl (C=O) groups excluding carboxylic acids is 1. The van der Waals surface area contributed by atoms with E-state index in [0.717, 1.165) is 22.6 Å². The average Bonchev–Trinajstić information content (AvgIpc) is 3.36. The molecule has 3 heterocycles. The minimum atomic E-state index is -0.253. The number of oxazole rings is 1. The van der Waals surface area contributed by atoms with Gasteiger partial charge in [-0.2, -0.15) is 0 Å². The smallest absolute Gasteiger partial charge is 0.251 e. The molecule has 3 aromatic rings. The van der Waals surface area contributed by atoms with E-state index >= 15 is 0 Å². The summed E-state index contributed by atoms with van der Waals surface area (Å²) >= 11 is 6.00. The van der Waals surface area contributed by atoms with E-state index in [9.17, 15) is 4.79 Å². The van der Waals surface area contributed by atoms with Crippen molar-refractivity contribution in [3.8, 4) is 11.5 Å². The molecule has 152 valence electrons. The van der Waals surface area contributed by atoms with Gasteiger partial charge in [-0.1, -0.05) is 41.9 Å². The third kappa shape index (κ3) is 3.49. The van der Waals surface area contributed by atoms with Crippen LogP contribution in [0.5, 0.6) is 0 Å². The predicted molar refractivity (Wildman–Crippen MR) is 114 cm³/mol. The minimum absolute atomic E-state index is 0.0464. The van der Waals surface area contributed by atoms with Gasteiger partial charge in [-0.05, 0) is 43.2 Å². The van der Waals surface area contributed by atoms with E-state index < -0.39 is 0 Å². The van der Waals surface area contributed by atoms with Gasteiger partial charge in [0.2, 0.25) is 5.89 Å². The van der Waals surface area contributed by atoms with Crippen molar-refractivity contribution in [2.75, 3.05) is 0 Å². The highest BCUT2D eigenvalue weighted by Crippen LogP contribution is 2.32. The first-order chi connectivity index (χ1) is 14.6. The van der Waals surface area contributed by atoms with Gasteiger partial charge in [-0.15, -0.1) is 0 Å². The molecule has 5 rings (SSSR count). The number of rotatable bonds is 4. The summed E-state index contributed by atoms with van der Waals surface area (Å²) in [6.45, 7) is 2.26. The molecule has 1 fully saturated rings. The Hall–Kier alpha value is -3.09. The monoisotopic (exact) mass is 420 g/mol. The molecule has 0 spiro atoms. The number of aryl methyl sites for hydroxylation is 1. The Kier molecular flexibility index (Phi) is 4.81. The number of amides is 1. The Labute approximate surface area is 179 Å². The van der Waals surface area contributed by atoms with Gasteiger partial charge >= 0.3 is 0 Å². The number of halogens is 1. The molecule has 2 aliphatic heterocycles. The fourth-order valence-electron chi connectivity index (χ4n) is 3.92. The molecule has 1 amide bonds. The molecule has 0 bridgehead atoms. The molecular formula is C23H21ClN4O2. The molecule has 2 atom stereocenters. The maximum Gasteiger partial charge on any atom is 0.251 e. The third-order valence-electron chi connectivity index (χ3n) is 5.58. The Morgan fingerprint density at radius 3 is 2.67 bits per heavy atom. The van der Waals surface area contributed by atoms with Crippen LogP contribution in [0, 0.1) is 6.92 Å². The highest BCUT2D eigenvalue weighted by Gasteiger charge is 2.40. The van der Waals surface area contributed by atoms with Crippen LogP contribution in [0.1, 0.15) is 29.5 Å². The number of nitrogens with zero attached hydrogens (tertiary/aromatic N) is 3. The first kappa shape index (κ1) is 18.9. The average molecular weight is 421 g/mol. The normalized spacial score (nSPS) is 20.7. The van der Waals surface area contributed by atoms with Gasteiger partial charge in [0, 0.05) is 23.0 Å². The predicted octanol–water partition coefficient (Wildman–Crippen LogP) is 4.44. The summed E-state index contributed by atoms with van der Waals surface area (Å²) in [7, 11) is 0. The molecule has 1 N–H and O–H groups in total. The fourth-order valence-corrected chi connectivity index (χ4v) is 4.05. The molecule has 30 heavy (non-hydrogen) atoms. The van der Waals surface area contributed by atoms with Crippen molar-refractivity contribution in [1.82, 2.24) is 20.3 Å². The van der Waals surface area contributed by atoms with Crippen molar-refractivity contribution in [2.45, 2.75) is 32.0 Å². The van der Waals surface area contributed by atoms with Crippen molar-refractivity contribution >= 4 is 17.5 Å². The van der Waals surface area contributed by atoms with Crippen molar-refractivity contribution in [2.24, 2.45) is 0 Å². The zero-order valence-corrected chi connectivity index (χ0v) is 17.2. The van der Waals surface area contributed by atoms with Crippen LogP contribution in [0.2, 0.25) is 5.02 Å². The topological polar surface area (TPSA) is 61.6 Å². The fraction of sp³-hybridized carbons (Fsp3) is 0.217. The second-order valence-electron chi connectivity index (χ2n) is 7.54. The zero-order valence-electron chi connectivity index (χ0n) is 16.5. The highest BCUT2D eigenvalue weighted by atomic mass is 35.5. The molecule has 7 heteroatoms. The number of benzene rings is 2. The standard InChI is InChI=1S/C23H21ClN4O2/c1-15-20(25-22(30-15)17-5-3-2-4-6-17)14-27-11-12-28-21(23(27)29)13-19(26-28)16-7-9-18(24)10-8-16/h2-12,19,21,26H,13-14H2,1H3. The van der Waals surface area contributed by atoms with Crippen LogP contribution in [0.4, 0.5) is 0 Å². The van der Waals surface area contributed by atoms with Crippen LogP contribution >= 0.6 is 11.6 Å². The van der Waals surface area contributed by atoms with Crippen LogP contribution in [-0.2, 0) is 11.3 Å². The number of carbonyl (C=O) groups is 1. The van der Waals surface area contributed by atoms with Crippen molar-refractivity contribution in [3.63, 3.8) is 0 Å². The molecule has 0 aliphatic carbocycles. The largest absolute Gasteiger partial charge is 0.441 e. The van der Waals surface area contributed by atoms with Gasteiger partial charge in [0.25, 0.3) is 5.91 Å². The van der Waals surface area contributed by atoms with Crippen LogP contribution in [0.15, 0.2) is 71.4 Å². The van der Waals surface area contributed by atoms with Gasteiger partial charge in [-0.25, -0.2) is 10.4 Å². The Bertz CT molecular complexity index is 1090. The lowest BCUT2D eigenvalue weighted by molar-refractivity contribution is -0.135. The first-order valence-electron chi connectivity index (χ1n) is 9.89. The lowest BCUT2D eigenvalue weighted by Gasteiger charge is -2.31. The summed E-state index contributed by atoms with van der Waals surface area (Å²) in [5.41, 5.74) is 6.20. The van der Waals surface area contributed by atoms with Crippen LogP contribution in [-0.4, -0.2) is 26.8 Å². The maximum absolute atomic E-state index is 13.1. The summed E-state index contributed by atoms with van der Waals surface area (Å²) in [5, 5.41) is 2.60. The van der Waals surface area contributed by atoms with E-state index in [-0.39, 0.29) is 18.0 Å². The summed E-state index contributed by atoms with van der Waals surface area (Å²) in [6, 6.07) is 17.3. The summed E-state index contributed by atoms with van der Waals surface area (Å²) < 4.78 is 5.84. The van der Waals surface area contributed by atoms with Gasteiger partial charge in [0.15, 0.2) is 0 Å². The van der Waals surface area contributed by atoms with E-state index in [1.807, 2.05) is 72.7 Å². The van der Waals surface area contributed by atoms with Crippen molar-refractivity contribution in [3.05, 3.63) is 89.0 Å². The number of hydrogen-bond acceptors (Lipinski definition) is 5. The quantitative estimate of drug-likeness (QED) is 0.676. The molecule has 0 radical (unpaired) electrons. The Morgan fingerprint density at radius 1 is 1.13 bits per heavy atom. The van der Waals surface area contributed by atoms with Gasteiger partial charge < -0.3 is 14.3 Å². The lowest BCUT2D eigenvalue weighted by Crippen LogP contribution is -2.47. The molecule has 1 saturated heterocycles. The van der Waals surface area contributed by atoms with E-state index in [0.29, 0.717) is 23.9 Å². The Morgan fingerprint density at radius 2 is 1.90 bits per heavy atom. The summed E-state index contributed by atoms with van der Waals surface area (Å²) in [6.07, 6.45) is 4.40. The van der Waals surface area contributed by atoms with Crippen molar-refractivity contribution in [1.29, 1.82) is 0 Å². The van der Waals surface area contributed by atoms with Crippen LogP contribution < -0.4 is 5.43 Å². The van der Waals surface area contributed by atoms with E-state index in [4.69, 9.17) is 16.0 Å². The summed E-state index contributed by atoms with van der Waals surface area (Å²) in [5.74, 6) is 1.34. The summed E-state index contributed by atoms with van der Waals surface area (Å²) in [4.78, 5) is 19.5. The molecular weight excluding hydrogens is 400 g/mol.